The normalized spacial score (nSPS) is 10.1. The first kappa shape index (κ1) is 17.1. The zero-order chi connectivity index (χ0) is 16.7. The van der Waals surface area contributed by atoms with E-state index in [2.05, 4.69) is 6.07 Å². The maximum atomic E-state index is 12.4. The second-order valence-corrected chi connectivity index (χ2v) is 6.06. The standard InChI is InChI=1S/C18H18N2O2S/c1-20(10-11-21)18(22)16-4-2-3-5-17(16)23-13-15-8-6-14(12-19)7-9-15/h2-9,21H,10-11,13H2,1H3. The topological polar surface area (TPSA) is 64.3 Å². The fourth-order valence-corrected chi connectivity index (χ4v) is 3.06. The third kappa shape index (κ3) is 4.59. The maximum Gasteiger partial charge on any atom is 0.254 e. The van der Waals surface area contributed by atoms with Crippen LogP contribution in [0.3, 0.4) is 0 Å². The second kappa shape index (κ2) is 8.37. The number of carbonyl (C=O) groups is 1. The molecule has 2 rings (SSSR count). The van der Waals surface area contributed by atoms with Crippen molar-refractivity contribution in [2.24, 2.45) is 0 Å². The van der Waals surface area contributed by atoms with Gasteiger partial charge in [0.05, 0.1) is 23.8 Å². The van der Waals surface area contributed by atoms with Crippen LogP contribution in [0.4, 0.5) is 0 Å². The Kier molecular flexibility index (Phi) is 6.21. The van der Waals surface area contributed by atoms with Crippen LogP contribution in [0.5, 0.6) is 0 Å². The number of nitriles is 1. The van der Waals surface area contributed by atoms with Crippen molar-refractivity contribution in [1.29, 1.82) is 5.26 Å². The molecule has 0 radical (unpaired) electrons. The van der Waals surface area contributed by atoms with E-state index in [1.165, 1.54) is 4.90 Å². The van der Waals surface area contributed by atoms with Crippen molar-refractivity contribution in [2.45, 2.75) is 10.6 Å². The number of aliphatic hydroxyl groups is 1. The minimum Gasteiger partial charge on any atom is -0.395 e. The number of aliphatic hydroxyl groups excluding tert-OH is 1. The zero-order valence-electron chi connectivity index (χ0n) is 12.9. The van der Waals surface area contributed by atoms with Gasteiger partial charge in [-0.05, 0) is 29.8 Å². The summed E-state index contributed by atoms with van der Waals surface area (Å²) in [6, 6.07) is 17.0. The Morgan fingerprint density at radius 1 is 1.22 bits per heavy atom. The van der Waals surface area contributed by atoms with Gasteiger partial charge in [-0.25, -0.2) is 0 Å². The molecule has 0 bridgehead atoms. The quantitative estimate of drug-likeness (QED) is 0.829. The van der Waals surface area contributed by atoms with Gasteiger partial charge in [0.1, 0.15) is 0 Å². The van der Waals surface area contributed by atoms with Gasteiger partial charge in [-0.3, -0.25) is 4.79 Å². The van der Waals surface area contributed by atoms with Gasteiger partial charge in [0.2, 0.25) is 0 Å². The highest BCUT2D eigenvalue weighted by atomic mass is 32.2. The van der Waals surface area contributed by atoms with Crippen molar-refractivity contribution in [2.75, 3.05) is 20.2 Å². The highest BCUT2D eigenvalue weighted by molar-refractivity contribution is 7.98. The molecule has 0 unspecified atom stereocenters. The molecule has 0 aromatic heterocycles. The molecule has 0 saturated heterocycles. The molecule has 23 heavy (non-hydrogen) atoms. The number of thioether (sulfide) groups is 1. The van der Waals surface area contributed by atoms with Crippen molar-refractivity contribution < 1.29 is 9.90 Å². The van der Waals surface area contributed by atoms with Gasteiger partial charge >= 0.3 is 0 Å². The first-order valence-corrected chi connectivity index (χ1v) is 8.21. The largest absolute Gasteiger partial charge is 0.395 e. The molecule has 0 fully saturated rings. The van der Waals surface area contributed by atoms with Crippen LogP contribution in [0, 0.1) is 11.3 Å². The van der Waals surface area contributed by atoms with E-state index in [1.54, 1.807) is 37.0 Å². The van der Waals surface area contributed by atoms with Crippen LogP contribution in [-0.2, 0) is 5.75 Å². The molecule has 1 N–H and O–H groups in total. The van der Waals surface area contributed by atoms with Crippen LogP contribution < -0.4 is 0 Å². The fourth-order valence-electron chi connectivity index (χ4n) is 2.06. The van der Waals surface area contributed by atoms with Crippen LogP contribution in [0.15, 0.2) is 53.4 Å². The summed E-state index contributed by atoms with van der Waals surface area (Å²) < 4.78 is 0. The Labute approximate surface area is 140 Å². The van der Waals surface area contributed by atoms with E-state index < -0.39 is 0 Å². The van der Waals surface area contributed by atoms with Crippen LogP contribution in [0.1, 0.15) is 21.5 Å². The van der Waals surface area contributed by atoms with Gasteiger partial charge in [0.25, 0.3) is 5.91 Å². The third-order valence-electron chi connectivity index (χ3n) is 3.38. The van der Waals surface area contributed by atoms with E-state index in [1.807, 2.05) is 30.3 Å². The number of hydrogen-bond donors (Lipinski definition) is 1. The van der Waals surface area contributed by atoms with E-state index >= 15 is 0 Å². The van der Waals surface area contributed by atoms with E-state index in [-0.39, 0.29) is 12.5 Å². The second-order valence-electron chi connectivity index (χ2n) is 5.04. The van der Waals surface area contributed by atoms with Crippen LogP contribution >= 0.6 is 11.8 Å². The number of rotatable bonds is 6. The maximum absolute atomic E-state index is 12.4. The van der Waals surface area contributed by atoms with E-state index in [9.17, 15) is 4.79 Å². The fraction of sp³-hybridized carbons (Fsp3) is 0.222. The van der Waals surface area contributed by atoms with Crippen LogP contribution in [-0.4, -0.2) is 36.1 Å². The molecule has 0 heterocycles. The lowest BCUT2D eigenvalue weighted by Gasteiger charge is -2.17. The average Bonchev–Trinajstić information content (AvgIpc) is 2.60. The minimum atomic E-state index is -0.0954. The minimum absolute atomic E-state index is 0.0528. The summed E-state index contributed by atoms with van der Waals surface area (Å²) in [5.41, 5.74) is 2.38. The Bertz CT molecular complexity index is 708. The molecule has 5 heteroatoms. The number of amides is 1. The summed E-state index contributed by atoms with van der Waals surface area (Å²) in [7, 11) is 1.68. The molecule has 0 aliphatic heterocycles. The summed E-state index contributed by atoms with van der Waals surface area (Å²) in [6.45, 7) is 0.260. The molecule has 2 aromatic rings. The van der Waals surface area contributed by atoms with Crippen LogP contribution in [0.2, 0.25) is 0 Å². The highest BCUT2D eigenvalue weighted by Gasteiger charge is 2.15. The lowest BCUT2D eigenvalue weighted by Crippen LogP contribution is -2.29. The van der Waals surface area contributed by atoms with Gasteiger partial charge in [-0.2, -0.15) is 5.26 Å². The molecule has 0 atom stereocenters. The van der Waals surface area contributed by atoms with Gasteiger partial charge in [-0.15, -0.1) is 11.8 Å². The SMILES string of the molecule is CN(CCO)C(=O)c1ccccc1SCc1ccc(C#N)cc1. The highest BCUT2D eigenvalue weighted by Crippen LogP contribution is 2.27. The third-order valence-corrected chi connectivity index (χ3v) is 4.52. The summed E-state index contributed by atoms with van der Waals surface area (Å²) in [5, 5.41) is 17.8. The van der Waals surface area contributed by atoms with Crippen molar-refractivity contribution in [3.8, 4) is 6.07 Å². The Hall–Kier alpha value is -2.29. The van der Waals surface area contributed by atoms with Gasteiger partial charge in [0.15, 0.2) is 0 Å². The smallest absolute Gasteiger partial charge is 0.254 e. The number of likely N-dealkylation sites (N-methyl/N-ethyl adjacent to an activating group) is 1. The summed E-state index contributed by atoms with van der Waals surface area (Å²) in [6.07, 6.45) is 0. The first-order chi connectivity index (χ1) is 11.2. The summed E-state index contributed by atoms with van der Waals surface area (Å²) >= 11 is 1.58. The lowest BCUT2D eigenvalue weighted by molar-refractivity contribution is 0.0763. The van der Waals surface area contributed by atoms with Crippen molar-refractivity contribution in [3.05, 3.63) is 65.2 Å². The predicted molar refractivity (Wildman–Crippen MR) is 91.2 cm³/mol. The summed E-state index contributed by atoms with van der Waals surface area (Å²) in [4.78, 5) is 14.8. The predicted octanol–water partition coefficient (Wildman–Crippen LogP) is 2.91. The van der Waals surface area contributed by atoms with E-state index in [0.717, 1.165) is 16.2 Å². The van der Waals surface area contributed by atoms with Gasteiger partial charge in [0, 0.05) is 24.2 Å². The van der Waals surface area contributed by atoms with E-state index in [0.29, 0.717) is 17.7 Å². The molecule has 2 aromatic carbocycles. The molecule has 0 aliphatic rings. The number of nitrogens with zero attached hydrogens (tertiary/aromatic N) is 2. The molecular weight excluding hydrogens is 308 g/mol. The number of carbonyl (C=O) groups excluding carboxylic acids is 1. The molecule has 0 aliphatic carbocycles. The van der Waals surface area contributed by atoms with Crippen molar-refractivity contribution in [3.63, 3.8) is 0 Å². The lowest BCUT2D eigenvalue weighted by atomic mass is 10.2. The molecule has 118 valence electrons. The Morgan fingerprint density at radius 3 is 2.57 bits per heavy atom. The van der Waals surface area contributed by atoms with Gasteiger partial charge in [-0.1, -0.05) is 24.3 Å². The van der Waals surface area contributed by atoms with Crippen LogP contribution in [0.25, 0.3) is 0 Å². The zero-order valence-corrected chi connectivity index (χ0v) is 13.7. The van der Waals surface area contributed by atoms with Crippen molar-refractivity contribution >= 4 is 17.7 Å². The van der Waals surface area contributed by atoms with E-state index in [4.69, 9.17) is 10.4 Å². The molecule has 0 spiro atoms. The molecular formula is C18H18N2O2S. The molecule has 4 nitrogen and oxygen atoms in total. The Morgan fingerprint density at radius 2 is 1.91 bits per heavy atom. The van der Waals surface area contributed by atoms with Crippen molar-refractivity contribution in [1.82, 2.24) is 4.90 Å². The van der Waals surface area contributed by atoms with Gasteiger partial charge < -0.3 is 10.0 Å². The summed E-state index contributed by atoms with van der Waals surface area (Å²) in [5.74, 6) is 0.627. The molecule has 0 saturated carbocycles. The number of hydrogen-bond acceptors (Lipinski definition) is 4. The molecule has 1 amide bonds. The Balaban J connectivity index is 2.11. The first-order valence-electron chi connectivity index (χ1n) is 7.23. The number of benzene rings is 2. The average molecular weight is 326 g/mol. The monoisotopic (exact) mass is 326 g/mol.